The number of nitrogens with one attached hydrogen (secondary N) is 1. The number of Topliss-reactive ketones (excluding diaryl/α,β-unsaturated/α-hetero) is 2. The number of anilines is 1. The Balaban J connectivity index is 1.90. The van der Waals surface area contributed by atoms with E-state index >= 15 is 0 Å². The highest BCUT2D eigenvalue weighted by atomic mass is 16.3. The van der Waals surface area contributed by atoms with Gasteiger partial charge >= 0.3 is 0 Å². The summed E-state index contributed by atoms with van der Waals surface area (Å²) in [7, 11) is 6.88. The van der Waals surface area contributed by atoms with Gasteiger partial charge in [0.2, 0.25) is 5.78 Å². The average molecular weight is 571 g/mol. The summed E-state index contributed by atoms with van der Waals surface area (Å²) in [5, 5.41) is 48.9. The van der Waals surface area contributed by atoms with Crippen LogP contribution in [0.4, 0.5) is 5.69 Å². The largest absolute Gasteiger partial charge is 0.508 e. The van der Waals surface area contributed by atoms with Crippen LogP contribution >= 0.6 is 0 Å². The van der Waals surface area contributed by atoms with Crippen molar-refractivity contribution in [1.29, 1.82) is 0 Å². The van der Waals surface area contributed by atoms with Gasteiger partial charge in [-0.2, -0.15) is 0 Å². The minimum Gasteiger partial charge on any atom is -0.508 e. The Morgan fingerprint density at radius 3 is 2.29 bits per heavy atom. The molecule has 7 N–H and O–H groups in total. The molecular weight excluding hydrogens is 528 g/mol. The zero-order valence-electron chi connectivity index (χ0n) is 25.0. The fraction of sp³-hybridized carbons (Fsp3) is 0.567. The number of phenols is 1. The molecule has 0 radical (unpaired) electrons. The van der Waals surface area contributed by atoms with Crippen LogP contribution in [0.3, 0.4) is 0 Å². The number of aliphatic hydroxyl groups excluding tert-OH is 2. The van der Waals surface area contributed by atoms with Crippen molar-refractivity contribution >= 4 is 28.9 Å². The SMILES string of the molecule is CC(NCc1cc(O)c2c(c1N(C)C)C[C@H]1C[C@H]3[C@H](N(C)C)C(=O)C(C(N)=O)=C(O)[C@@]3(O)C(=O)C1=C2O)C(C)(C)C. The molecule has 4 rings (SSSR count). The van der Waals surface area contributed by atoms with E-state index in [1.165, 1.54) is 4.90 Å². The average Bonchev–Trinajstić information content (AvgIpc) is 2.83. The van der Waals surface area contributed by atoms with Gasteiger partial charge in [0.15, 0.2) is 11.4 Å². The van der Waals surface area contributed by atoms with Crippen molar-refractivity contribution in [3.05, 3.63) is 39.7 Å². The lowest BCUT2D eigenvalue weighted by Crippen LogP contribution is -2.65. The Kier molecular flexibility index (Phi) is 7.56. The topological polar surface area (TPSA) is 177 Å². The first-order chi connectivity index (χ1) is 18.8. The van der Waals surface area contributed by atoms with Gasteiger partial charge < -0.3 is 36.4 Å². The first kappa shape index (κ1) is 30.5. The van der Waals surface area contributed by atoms with E-state index in [9.17, 15) is 34.8 Å². The highest BCUT2D eigenvalue weighted by Crippen LogP contribution is 2.54. The molecule has 11 heteroatoms. The maximum absolute atomic E-state index is 14.0. The molecule has 11 nitrogen and oxygen atoms in total. The smallest absolute Gasteiger partial charge is 0.255 e. The zero-order chi connectivity index (χ0) is 30.9. The van der Waals surface area contributed by atoms with Crippen LogP contribution in [0.15, 0.2) is 23.0 Å². The van der Waals surface area contributed by atoms with Crippen molar-refractivity contribution in [3.63, 3.8) is 0 Å². The van der Waals surface area contributed by atoms with Crippen LogP contribution in [0.25, 0.3) is 5.76 Å². The number of carbonyl (C=O) groups excluding carboxylic acids is 3. The fourth-order valence-corrected chi connectivity index (χ4v) is 6.63. The number of benzene rings is 1. The third-order valence-corrected chi connectivity index (χ3v) is 9.12. The van der Waals surface area contributed by atoms with Crippen LogP contribution < -0.4 is 16.0 Å². The van der Waals surface area contributed by atoms with Crippen LogP contribution in [-0.2, 0) is 27.3 Å². The Morgan fingerprint density at radius 2 is 1.78 bits per heavy atom. The van der Waals surface area contributed by atoms with Crippen molar-refractivity contribution in [2.24, 2.45) is 23.0 Å². The molecule has 3 aliphatic rings. The Bertz CT molecular complexity index is 1390. The number of phenolic OH excluding ortho intramolecular Hbond substituents is 1. The molecule has 0 saturated heterocycles. The van der Waals surface area contributed by atoms with E-state index < -0.39 is 58.0 Å². The van der Waals surface area contributed by atoms with Crippen molar-refractivity contribution in [3.8, 4) is 5.75 Å². The maximum Gasteiger partial charge on any atom is 0.255 e. The van der Waals surface area contributed by atoms with E-state index in [-0.39, 0.29) is 41.2 Å². The third-order valence-electron chi connectivity index (χ3n) is 9.12. The predicted octanol–water partition coefficient (Wildman–Crippen LogP) is 1.55. The van der Waals surface area contributed by atoms with Gasteiger partial charge in [0.1, 0.15) is 22.8 Å². The second-order valence-electron chi connectivity index (χ2n) is 13.1. The lowest BCUT2D eigenvalue weighted by Gasteiger charge is -2.50. The van der Waals surface area contributed by atoms with Crippen LogP contribution in [0.2, 0.25) is 0 Å². The fourth-order valence-electron chi connectivity index (χ4n) is 6.63. The molecule has 1 unspecified atom stereocenters. The van der Waals surface area contributed by atoms with Crippen molar-refractivity contribution in [2.45, 2.75) is 64.8 Å². The van der Waals surface area contributed by atoms with Gasteiger partial charge in [-0.3, -0.25) is 19.3 Å². The summed E-state index contributed by atoms with van der Waals surface area (Å²) in [5.74, 6) is -6.62. The lowest BCUT2D eigenvalue weighted by atomic mass is 9.57. The molecule has 0 aliphatic heterocycles. The van der Waals surface area contributed by atoms with Gasteiger partial charge in [0.05, 0.1) is 11.6 Å². The van der Waals surface area contributed by atoms with E-state index in [0.29, 0.717) is 12.1 Å². The molecule has 1 aromatic carbocycles. The number of hydrogen-bond acceptors (Lipinski definition) is 10. The monoisotopic (exact) mass is 570 g/mol. The summed E-state index contributed by atoms with van der Waals surface area (Å²) in [6, 6.07) is 0.591. The number of likely N-dealkylation sites (N-methyl/N-ethyl adjacent to an activating group) is 1. The standard InChI is InChI=1S/C30H42N4O7/c1-13(29(2,3)4)32-12-15-11-18(35)20-16(22(15)33(5)6)9-14-10-17-23(34(7)8)25(37)21(28(31)40)27(39)30(17,41)26(38)19(14)24(20)36/h11,13-14,17,23,32,35-36,39,41H,9-10,12H2,1-8H3,(H2,31,40)/t13?,14-,17-,23-,30-/m0/s1. The summed E-state index contributed by atoms with van der Waals surface area (Å²) in [5.41, 5.74) is 4.05. The molecule has 1 aromatic rings. The first-order valence-corrected chi connectivity index (χ1v) is 13.8. The van der Waals surface area contributed by atoms with Crippen molar-refractivity contribution in [2.75, 3.05) is 33.1 Å². The summed E-state index contributed by atoms with van der Waals surface area (Å²) >= 11 is 0. The minimum atomic E-state index is -2.66. The molecule has 0 spiro atoms. The van der Waals surface area contributed by atoms with E-state index in [2.05, 4.69) is 33.0 Å². The summed E-state index contributed by atoms with van der Waals surface area (Å²) in [6.07, 6.45) is 0.279. The molecule has 0 heterocycles. The molecule has 224 valence electrons. The highest BCUT2D eigenvalue weighted by molar-refractivity contribution is 6.24. The first-order valence-electron chi connectivity index (χ1n) is 13.8. The zero-order valence-corrected chi connectivity index (χ0v) is 25.0. The Hall–Kier alpha value is -3.41. The number of hydrogen-bond donors (Lipinski definition) is 6. The number of amides is 1. The molecule has 0 bridgehead atoms. The number of primary amides is 1. The quantitative estimate of drug-likeness (QED) is 0.275. The maximum atomic E-state index is 14.0. The molecule has 41 heavy (non-hydrogen) atoms. The van der Waals surface area contributed by atoms with Crippen molar-refractivity contribution in [1.82, 2.24) is 10.2 Å². The van der Waals surface area contributed by atoms with E-state index in [0.717, 1.165) is 11.3 Å². The third kappa shape index (κ3) is 4.60. The number of rotatable bonds is 6. The van der Waals surface area contributed by atoms with E-state index in [1.54, 1.807) is 20.2 Å². The van der Waals surface area contributed by atoms with Gasteiger partial charge in [-0.15, -0.1) is 0 Å². The number of ketones is 2. The molecule has 1 saturated carbocycles. The minimum absolute atomic E-state index is 0.00150. The van der Waals surface area contributed by atoms with Crippen LogP contribution in [0.5, 0.6) is 5.75 Å². The summed E-state index contributed by atoms with van der Waals surface area (Å²) in [4.78, 5) is 42.8. The van der Waals surface area contributed by atoms with Crippen LogP contribution in [-0.4, -0.2) is 88.7 Å². The number of aromatic hydroxyl groups is 1. The predicted molar refractivity (Wildman–Crippen MR) is 154 cm³/mol. The second-order valence-corrected chi connectivity index (χ2v) is 13.1. The number of fused-ring (bicyclic) bond motifs is 3. The molecule has 0 aromatic heterocycles. The molecule has 1 fully saturated rings. The lowest BCUT2D eigenvalue weighted by molar-refractivity contribution is -0.153. The summed E-state index contributed by atoms with van der Waals surface area (Å²) in [6.45, 7) is 8.92. The van der Waals surface area contributed by atoms with Crippen molar-refractivity contribution < 1.29 is 34.8 Å². The molecular formula is C30H42N4O7. The van der Waals surface area contributed by atoms with E-state index in [1.807, 2.05) is 19.0 Å². The molecule has 1 amide bonds. The van der Waals surface area contributed by atoms with Gasteiger partial charge in [0, 0.05) is 43.9 Å². The number of nitrogens with two attached hydrogens (primary N) is 1. The Morgan fingerprint density at radius 1 is 1.17 bits per heavy atom. The number of carbonyl (C=O) groups is 3. The molecule has 3 aliphatic carbocycles. The Labute approximate surface area is 240 Å². The van der Waals surface area contributed by atoms with Gasteiger partial charge in [-0.05, 0) is 62.4 Å². The highest BCUT2D eigenvalue weighted by Gasteiger charge is 2.64. The van der Waals surface area contributed by atoms with Crippen LogP contribution in [0, 0.1) is 17.3 Å². The number of aliphatic hydroxyl groups is 3. The van der Waals surface area contributed by atoms with Gasteiger partial charge in [-0.25, -0.2) is 0 Å². The van der Waals surface area contributed by atoms with Gasteiger partial charge in [-0.1, -0.05) is 20.8 Å². The van der Waals surface area contributed by atoms with E-state index in [4.69, 9.17) is 5.73 Å². The van der Waals surface area contributed by atoms with Crippen LogP contribution in [0.1, 0.15) is 50.8 Å². The summed E-state index contributed by atoms with van der Waals surface area (Å²) < 4.78 is 0. The number of nitrogens with zero attached hydrogens (tertiary/aromatic N) is 2. The second kappa shape index (κ2) is 10.1. The van der Waals surface area contributed by atoms with Gasteiger partial charge in [0.25, 0.3) is 5.91 Å². The normalized spacial score (nSPS) is 27.0. The molecule has 5 atom stereocenters.